The number of ether oxygens (including phenoxy) is 1. The lowest BCUT2D eigenvalue weighted by Crippen LogP contribution is -2.45. The van der Waals surface area contributed by atoms with E-state index in [2.05, 4.69) is 24.5 Å². The van der Waals surface area contributed by atoms with E-state index in [1.165, 1.54) is 0 Å². The lowest BCUT2D eigenvalue weighted by Gasteiger charge is -2.28. The lowest BCUT2D eigenvalue weighted by atomic mass is 9.95. The minimum atomic E-state index is -0.549. The molecule has 1 aliphatic rings. The maximum atomic E-state index is 12.4. The van der Waals surface area contributed by atoms with Crippen molar-refractivity contribution in [3.8, 4) is 0 Å². The highest BCUT2D eigenvalue weighted by Gasteiger charge is 2.32. The zero-order chi connectivity index (χ0) is 17.0. The summed E-state index contributed by atoms with van der Waals surface area (Å²) in [6.07, 6.45) is 0.795. The molecule has 1 aromatic rings. The number of carbonyl (C=O) groups excluding carboxylic acids is 2. The van der Waals surface area contributed by atoms with Crippen LogP contribution in [0.4, 0.5) is 4.79 Å². The number of urea groups is 1. The average Bonchev–Trinajstić information content (AvgIpc) is 2.46. The number of amides is 2. The van der Waals surface area contributed by atoms with Crippen LogP contribution in [-0.4, -0.2) is 18.6 Å². The van der Waals surface area contributed by atoms with E-state index >= 15 is 0 Å². The molecule has 0 spiro atoms. The van der Waals surface area contributed by atoms with Crippen molar-refractivity contribution in [2.45, 2.75) is 33.2 Å². The highest BCUT2D eigenvalue weighted by molar-refractivity contribution is 6.30. The fourth-order valence-corrected chi connectivity index (χ4v) is 2.46. The van der Waals surface area contributed by atoms with Crippen molar-refractivity contribution in [3.63, 3.8) is 0 Å². The molecule has 2 amide bonds. The maximum absolute atomic E-state index is 12.4. The molecule has 5 nitrogen and oxygen atoms in total. The van der Waals surface area contributed by atoms with E-state index < -0.39 is 12.0 Å². The Bertz CT molecular complexity index is 623. The molecule has 2 rings (SSSR count). The van der Waals surface area contributed by atoms with Gasteiger partial charge in [-0.05, 0) is 37.0 Å². The molecule has 2 N–H and O–H groups in total. The van der Waals surface area contributed by atoms with Gasteiger partial charge >= 0.3 is 12.0 Å². The summed E-state index contributed by atoms with van der Waals surface area (Å²) in [5.41, 5.74) is 1.69. The first-order chi connectivity index (χ1) is 10.9. The summed E-state index contributed by atoms with van der Waals surface area (Å²) >= 11 is 5.90. The van der Waals surface area contributed by atoms with E-state index in [0.29, 0.717) is 28.8 Å². The van der Waals surface area contributed by atoms with Crippen molar-refractivity contribution in [1.29, 1.82) is 0 Å². The number of allylic oxidation sites excluding steroid dienone is 1. The lowest BCUT2D eigenvalue weighted by molar-refractivity contribution is -0.139. The van der Waals surface area contributed by atoms with Gasteiger partial charge in [-0.25, -0.2) is 9.59 Å². The van der Waals surface area contributed by atoms with Gasteiger partial charge in [0.2, 0.25) is 0 Å². The summed E-state index contributed by atoms with van der Waals surface area (Å²) < 4.78 is 5.36. The Hall–Kier alpha value is -2.01. The van der Waals surface area contributed by atoms with E-state index in [9.17, 15) is 9.59 Å². The minimum Gasteiger partial charge on any atom is -0.462 e. The molecule has 1 aliphatic heterocycles. The van der Waals surface area contributed by atoms with Gasteiger partial charge in [-0.3, -0.25) is 0 Å². The first-order valence-electron chi connectivity index (χ1n) is 7.59. The number of hydrogen-bond acceptors (Lipinski definition) is 3. The van der Waals surface area contributed by atoms with Gasteiger partial charge in [-0.15, -0.1) is 0 Å². The predicted octanol–water partition coefficient (Wildman–Crippen LogP) is 3.56. The molecular formula is C17H21ClN2O3. The molecule has 0 radical (unpaired) electrons. The van der Waals surface area contributed by atoms with E-state index in [1.54, 1.807) is 31.2 Å². The maximum Gasteiger partial charge on any atom is 0.338 e. The van der Waals surface area contributed by atoms with E-state index in [1.807, 2.05) is 0 Å². The SMILES string of the molecule is CC1=C(C(=O)OCCC(C)C)[C@@H](c2ccc(Cl)cc2)NC(=O)N1. The van der Waals surface area contributed by atoms with Crippen molar-refractivity contribution in [3.05, 3.63) is 46.1 Å². The van der Waals surface area contributed by atoms with Gasteiger partial charge in [0, 0.05) is 10.7 Å². The van der Waals surface area contributed by atoms with Crippen molar-refractivity contribution in [1.82, 2.24) is 10.6 Å². The van der Waals surface area contributed by atoms with Gasteiger partial charge in [0.25, 0.3) is 0 Å². The standard InChI is InChI=1S/C17H21ClN2O3/c1-10(2)8-9-23-16(21)14-11(3)19-17(22)20-15(14)12-4-6-13(18)7-5-12/h4-7,10,15H,8-9H2,1-3H3,(H2,19,20,22)/t15-/m1/s1. The summed E-state index contributed by atoms with van der Waals surface area (Å²) in [5, 5.41) is 5.98. The molecule has 23 heavy (non-hydrogen) atoms. The van der Waals surface area contributed by atoms with Gasteiger partial charge < -0.3 is 15.4 Å². The van der Waals surface area contributed by atoms with Crippen LogP contribution in [0.15, 0.2) is 35.5 Å². The Labute approximate surface area is 141 Å². The molecule has 0 saturated heterocycles. The van der Waals surface area contributed by atoms with Crippen LogP contribution in [0.3, 0.4) is 0 Å². The molecule has 6 heteroatoms. The summed E-state index contributed by atoms with van der Waals surface area (Å²) in [5.74, 6) is 0.0322. The number of esters is 1. The Kier molecular flexibility index (Phi) is 5.66. The minimum absolute atomic E-state index is 0.346. The van der Waals surface area contributed by atoms with Gasteiger partial charge in [0.05, 0.1) is 18.2 Å². The van der Waals surface area contributed by atoms with Crippen molar-refractivity contribution < 1.29 is 14.3 Å². The fourth-order valence-electron chi connectivity index (χ4n) is 2.33. The summed E-state index contributed by atoms with van der Waals surface area (Å²) in [7, 11) is 0. The monoisotopic (exact) mass is 336 g/mol. The third-order valence-corrected chi connectivity index (χ3v) is 3.87. The second-order valence-corrected chi connectivity index (χ2v) is 6.38. The number of benzene rings is 1. The number of rotatable bonds is 5. The van der Waals surface area contributed by atoms with Gasteiger partial charge in [-0.2, -0.15) is 0 Å². The second-order valence-electron chi connectivity index (χ2n) is 5.94. The highest BCUT2D eigenvalue weighted by atomic mass is 35.5. The molecule has 0 saturated carbocycles. The summed E-state index contributed by atoms with van der Waals surface area (Å²) in [4.78, 5) is 24.2. The first-order valence-corrected chi connectivity index (χ1v) is 7.97. The molecule has 0 aromatic heterocycles. The van der Waals surface area contributed by atoms with Crippen LogP contribution in [0, 0.1) is 5.92 Å². The molecule has 1 heterocycles. The second kappa shape index (κ2) is 7.51. The van der Waals surface area contributed by atoms with Gasteiger partial charge in [-0.1, -0.05) is 37.6 Å². The van der Waals surface area contributed by atoms with E-state index in [-0.39, 0.29) is 6.03 Å². The Balaban J connectivity index is 2.24. The van der Waals surface area contributed by atoms with Crippen LogP contribution < -0.4 is 10.6 Å². The third-order valence-electron chi connectivity index (χ3n) is 3.62. The number of halogens is 1. The zero-order valence-electron chi connectivity index (χ0n) is 13.5. The number of carbonyl (C=O) groups is 2. The average molecular weight is 337 g/mol. The largest absolute Gasteiger partial charge is 0.462 e. The highest BCUT2D eigenvalue weighted by Crippen LogP contribution is 2.28. The van der Waals surface area contributed by atoms with Crippen LogP contribution in [-0.2, 0) is 9.53 Å². The topological polar surface area (TPSA) is 67.4 Å². The summed E-state index contributed by atoms with van der Waals surface area (Å²) in [6.45, 7) is 6.18. The molecule has 0 aliphatic carbocycles. The van der Waals surface area contributed by atoms with Crippen LogP contribution in [0.5, 0.6) is 0 Å². The Morgan fingerprint density at radius 3 is 2.57 bits per heavy atom. The van der Waals surface area contributed by atoms with Crippen LogP contribution >= 0.6 is 11.6 Å². The molecule has 0 bridgehead atoms. The quantitative estimate of drug-likeness (QED) is 0.808. The molecule has 0 unspecified atom stereocenters. The number of nitrogens with one attached hydrogen (secondary N) is 2. The summed E-state index contributed by atoms with van der Waals surface area (Å²) in [6, 6.07) is 6.12. The normalized spacial score (nSPS) is 17.8. The smallest absolute Gasteiger partial charge is 0.338 e. The van der Waals surface area contributed by atoms with Crippen LogP contribution in [0.2, 0.25) is 5.02 Å². The molecule has 0 fully saturated rings. The van der Waals surface area contributed by atoms with Crippen LogP contribution in [0.1, 0.15) is 38.8 Å². The fraction of sp³-hybridized carbons (Fsp3) is 0.412. The third kappa shape index (κ3) is 4.48. The van der Waals surface area contributed by atoms with E-state index in [4.69, 9.17) is 16.3 Å². The van der Waals surface area contributed by atoms with Crippen LogP contribution in [0.25, 0.3) is 0 Å². The molecule has 1 aromatic carbocycles. The van der Waals surface area contributed by atoms with Gasteiger partial charge in [0.1, 0.15) is 0 Å². The Morgan fingerprint density at radius 1 is 1.30 bits per heavy atom. The van der Waals surface area contributed by atoms with Crippen molar-refractivity contribution in [2.75, 3.05) is 6.61 Å². The number of hydrogen-bond donors (Lipinski definition) is 2. The molecule has 1 atom stereocenters. The van der Waals surface area contributed by atoms with E-state index in [0.717, 1.165) is 12.0 Å². The molecule has 124 valence electrons. The zero-order valence-corrected chi connectivity index (χ0v) is 14.2. The van der Waals surface area contributed by atoms with Gasteiger partial charge in [0.15, 0.2) is 0 Å². The van der Waals surface area contributed by atoms with Crippen molar-refractivity contribution in [2.24, 2.45) is 5.92 Å². The Morgan fingerprint density at radius 2 is 1.96 bits per heavy atom. The molecular weight excluding hydrogens is 316 g/mol. The first kappa shape index (κ1) is 17.3. The predicted molar refractivity (Wildman–Crippen MR) is 89.0 cm³/mol. The van der Waals surface area contributed by atoms with Crippen molar-refractivity contribution >= 4 is 23.6 Å².